The number of fused-ring (bicyclic) bond motifs is 1. The van der Waals surface area contributed by atoms with E-state index in [0.29, 0.717) is 5.69 Å². The molecule has 192 valence electrons. The van der Waals surface area contributed by atoms with E-state index in [-0.39, 0.29) is 52.6 Å². The maximum atomic E-state index is 13.1. The fourth-order valence-electron chi connectivity index (χ4n) is 4.09. The van der Waals surface area contributed by atoms with E-state index in [0.717, 1.165) is 31.5 Å². The molecule has 3 aromatic rings. The van der Waals surface area contributed by atoms with Crippen molar-refractivity contribution < 1.29 is 21.6 Å². The van der Waals surface area contributed by atoms with Crippen molar-refractivity contribution in [3.05, 3.63) is 23.8 Å². The summed E-state index contributed by atoms with van der Waals surface area (Å²) in [5, 5.41) is 26.1. The summed E-state index contributed by atoms with van der Waals surface area (Å²) in [5.41, 5.74) is 0.412. The van der Waals surface area contributed by atoms with E-state index in [1.165, 1.54) is 4.68 Å². The highest BCUT2D eigenvalue weighted by Crippen LogP contribution is 2.41. The summed E-state index contributed by atoms with van der Waals surface area (Å²) < 4.78 is 70.4. The lowest BCUT2D eigenvalue weighted by Crippen LogP contribution is -2.35. The highest BCUT2D eigenvalue weighted by Gasteiger charge is 2.38. The number of aromatic amines is 1. The number of halogens is 3. The van der Waals surface area contributed by atoms with E-state index in [2.05, 4.69) is 40.4 Å². The molecule has 0 aliphatic carbocycles. The average Bonchev–Trinajstić information content (AvgIpc) is 3.58. The molecule has 0 spiro atoms. The van der Waals surface area contributed by atoms with Crippen LogP contribution in [0, 0.1) is 5.92 Å². The molecular weight excluding hydrogens is 523 g/mol. The number of rotatable bonds is 6. The number of benzene rings is 1. The summed E-state index contributed by atoms with van der Waals surface area (Å²) in [6, 6.07) is 3.18. The maximum absolute atomic E-state index is 13.1. The Kier molecular flexibility index (Phi) is 6.43. The van der Waals surface area contributed by atoms with Gasteiger partial charge < -0.3 is 10.2 Å². The van der Waals surface area contributed by atoms with E-state index in [1.807, 2.05) is 0 Å². The summed E-state index contributed by atoms with van der Waals surface area (Å²) in [4.78, 5) is 5.29. The first-order valence-corrected chi connectivity index (χ1v) is 13.0. The largest absolute Gasteiger partial charge is 0.453 e. The van der Waals surface area contributed by atoms with Crippen LogP contribution >= 0.6 is 11.9 Å². The molecule has 1 unspecified atom stereocenters. The van der Waals surface area contributed by atoms with Crippen LogP contribution in [0.15, 0.2) is 26.3 Å². The van der Waals surface area contributed by atoms with Gasteiger partial charge in [-0.15, -0.1) is 15.3 Å². The lowest BCUT2D eigenvalue weighted by atomic mass is 10.1. The molecule has 1 aromatic carbocycles. The highest BCUT2D eigenvalue weighted by atomic mass is 32.2. The van der Waals surface area contributed by atoms with Gasteiger partial charge in [0.1, 0.15) is 10.7 Å². The number of hydrogen-bond acceptors (Lipinski definition) is 11. The van der Waals surface area contributed by atoms with Crippen molar-refractivity contribution >= 4 is 33.9 Å². The Bertz CT molecular complexity index is 1380. The number of alkyl halides is 3. The number of sulfonamides is 1. The van der Waals surface area contributed by atoms with E-state index >= 15 is 0 Å². The number of hydrogen-bond donors (Lipinski definition) is 3. The van der Waals surface area contributed by atoms with Crippen LogP contribution in [-0.4, -0.2) is 69.7 Å². The molecule has 2 aliphatic rings. The minimum Gasteiger partial charge on any atom is -0.362 e. The van der Waals surface area contributed by atoms with Crippen molar-refractivity contribution in [3.8, 4) is 11.4 Å². The van der Waals surface area contributed by atoms with Crippen molar-refractivity contribution in [3.63, 3.8) is 0 Å². The van der Waals surface area contributed by atoms with Gasteiger partial charge in [-0.3, -0.25) is 0 Å². The summed E-state index contributed by atoms with van der Waals surface area (Å²) in [6.07, 6.45) is -2.00. The van der Waals surface area contributed by atoms with Crippen LogP contribution < -0.4 is 15.4 Å². The first-order chi connectivity index (χ1) is 17.1. The van der Waals surface area contributed by atoms with Gasteiger partial charge in [0.25, 0.3) is 5.82 Å². The Morgan fingerprint density at radius 3 is 2.78 bits per heavy atom. The summed E-state index contributed by atoms with van der Waals surface area (Å²) in [5.74, 6) is -0.954. The quantitative estimate of drug-likeness (QED) is 0.299. The third-order valence-corrected chi connectivity index (χ3v) is 7.62. The second-order valence-corrected chi connectivity index (χ2v) is 10.5. The van der Waals surface area contributed by atoms with Gasteiger partial charge in [-0.05, 0) is 30.3 Å². The number of nitrogens with one attached hydrogen (secondary N) is 2. The van der Waals surface area contributed by atoms with Gasteiger partial charge in [0.2, 0.25) is 15.8 Å². The SMILES string of the molecule is NS(=O)(=O)c1c(S/N=C/C2CCNC2)ccc(N2CCn3nc(C(F)(F)F)nc3C2)c1-c1nn[nH]n1. The second-order valence-electron chi connectivity index (χ2n) is 8.16. The first kappa shape index (κ1) is 24.6. The molecule has 0 saturated carbocycles. The Balaban J connectivity index is 1.56. The molecule has 0 radical (unpaired) electrons. The molecule has 18 heteroatoms. The topological polar surface area (TPSA) is 173 Å². The molecular formula is C18H20F3N11O2S2. The van der Waals surface area contributed by atoms with E-state index in [1.54, 1.807) is 23.2 Å². The number of tetrazole rings is 1. The van der Waals surface area contributed by atoms with Crippen LogP contribution in [0.25, 0.3) is 11.4 Å². The summed E-state index contributed by atoms with van der Waals surface area (Å²) in [7, 11) is -4.31. The molecule has 5 rings (SSSR count). The minimum absolute atomic E-state index is 0.0385. The zero-order valence-electron chi connectivity index (χ0n) is 18.5. The molecule has 1 atom stereocenters. The smallest absolute Gasteiger partial charge is 0.362 e. The highest BCUT2D eigenvalue weighted by molar-refractivity contribution is 7.99. The maximum Gasteiger partial charge on any atom is 0.453 e. The Hall–Kier alpha value is -3.09. The Morgan fingerprint density at radius 1 is 1.28 bits per heavy atom. The molecule has 1 fully saturated rings. The van der Waals surface area contributed by atoms with Crippen molar-refractivity contribution in [2.75, 3.05) is 24.5 Å². The van der Waals surface area contributed by atoms with Gasteiger partial charge in [0.15, 0.2) is 0 Å². The molecule has 13 nitrogen and oxygen atoms in total. The number of aromatic nitrogens is 7. The lowest BCUT2D eigenvalue weighted by molar-refractivity contribution is -0.145. The predicted molar refractivity (Wildman–Crippen MR) is 122 cm³/mol. The van der Waals surface area contributed by atoms with Crippen molar-refractivity contribution in [2.24, 2.45) is 15.5 Å². The zero-order chi connectivity index (χ0) is 25.5. The molecule has 4 N–H and O–H groups in total. The summed E-state index contributed by atoms with van der Waals surface area (Å²) in [6.45, 7) is 1.94. The van der Waals surface area contributed by atoms with E-state index < -0.39 is 22.0 Å². The third-order valence-electron chi connectivity index (χ3n) is 5.73. The van der Waals surface area contributed by atoms with Gasteiger partial charge >= 0.3 is 6.18 Å². The van der Waals surface area contributed by atoms with Gasteiger partial charge in [-0.2, -0.15) is 18.4 Å². The van der Waals surface area contributed by atoms with Crippen LogP contribution in [0.1, 0.15) is 18.1 Å². The molecule has 2 aromatic heterocycles. The van der Waals surface area contributed by atoms with Crippen LogP contribution in [0.4, 0.5) is 18.9 Å². The molecule has 1 saturated heterocycles. The molecule has 36 heavy (non-hydrogen) atoms. The van der Waals surface area contributed by atoms with Crippen molar-refractivity contribution in [1.82, 2.24) is 40.7 Å². The number of nitrogens with zero attached hydrogens (tertiary/aromatic N) is 8. The number of anilines is 1. The molecule has 0 amide bonds. The number of H-pyrrole nitrogens is 1. The Morgan fingerprint density at radius 2 is 2.11 bits per heavy atom. The fraction of sp³-hybridized carbons (Fsp3) is 0.444. The molecule has 2 aliphatic heterocycles. The molecule has 0 bridgehead atoms. The minimum atomic E-state index is -4.68. The average molecular weight is 544 g/mol. The number of nitrogens with two attached hydrogens (primary N) is 1. The summed E-state index contributed by atoms with van der Waals surface area (Å²) >= 11 is 0.949. The van der Waals surface area contributed by atoms with E-state index in [4.69, 9.17) is 5.14 Å². The monoisotopic (exact) mass is 543 g/mol. The van der Waals surface area contributed by atoms with Gasteiger partial charge in [-0.1, -0.05) is 0 Å². The lowest BCUT2D eigenvalue weighted by Gasteiger charge is -2.30. The Labute approximate surface area is 206 Å². The van der Waals surface area contributed by atoms with Gasteiger partial charge in [0, 0.05) is 42.9 Å². The van der Waals surface area contributed by atoms with Crippen LogP contribution in [0.5, 0.6) is 0 Å². The standard InChI is InChI=1S/C18H20F3N11O2S2/c19-18(20,21)17-25-13-9-31(5-6-32(13)28-17)11-1-2-12(35-24-8-10-3-4-23-7-10)15(36(22,33)34)14(11)16-26-29-30-27-16/h1-2,8,10,23H,3-7,9H2,(H2,22,33,34)(H,26,27,29,30)/b24-8+. The normalized spacial score (nSPS) is 18.8. The van der Waals surface area contributed by atoms with Crippen molar-refractivity contribution in [2.45, 2.75) is 35.5 Å². The molecule has 4 heterocycles. The van der Waals surface area contributed by atoms with E-state index in [9.17, 15) is 21.6 Å². The second kappa shape index (κ2) is 9.41. The third kappa shape index (κ3) is 4.93. The van der Waals surface area contributed by atoms with Gasteiger partial charge in [-0.25, -0.2) is 27.6 Å². The number of primary sulfonamides is 1. The van der Waals surface area contributed by atoms with Crippen molar-refractivity contribution in [1.29, 1.82) is 0 Å². The van der Waals surface area contributed by atoms with Crippen LogP contribution in [0.3, 0.4) is 0 Å². The fourth-order valence-corrected chi connectivity index (χ4v) is 6.04. The van der Waals surface area contributed by atoms with Crippen LogP contribution in [0.2, 0.25) is 0 Å². The van der Waals surface area contributed by atoms with Crippen LogP contribution in [-0.2, 0) is 29.3 Å². The predicted octanol–water partition coefficient (Wildman–Crippen LogP) is 0.832. The van der Waals surface area contributed by atoms with Gasteiger partial charge in [0.05, 0.1) is 23.5 Å². The first-order valence-electron chi connectivity index (χ1n) is 10.7. The zero-order valence-corrected chi connectivity index (χ0v) is 20.1.